The zero-order chi connectivity index (χ0) is 29.5. The first-order valence-electron chi connectivity index (χ1n) is 13.1. The van der Waals surface area contributed by atoms with E-state index in [9.17, 15) is 18.0 Å². The molecule has 0 saturated carbocycles. The third-order valence-corrected chi connectivity index (χ3v) is 7.55. The normalized spacial score (nSPS) is 12.3. The summed E-state index contributed by atoms with van der Waals surface area (Å²) < 4.78 is 32.0. The number of amides is 2. The maximum Gasteiger partial charge on any atom is 0.244 e. The SMILES string of the molecule is COc1ccc(N(CC(=O)N(Cc2ccccc2C)[C@@H](Cc2ccccc2)C(=O)NC(C)(C)C)S(C)(=O)=O)cc1. The van der Waals surface area contributed by atoms with E-state index in [1.165, 1.54) is 12.0 Å². The Balaban J connectivity index is 2.07. The lowest BCUT2D eigenvalue weighted by molar-refractivity contribution is -0.140. The van der Waals surface area contributed by atoms with Crippen LogP contribution >= 0.6 is 0 Å². The van der Waals surface area contributed by atoms with Crippen molar-refractivity contribution in [2.45, 2.75) is 52.2 Å². The molecule has 0 saturated heterocycles. The predicted molar refractivity (Wildman–Crippen MR) is 159 cm³/mol. The molecule has 8 nitrogen and oxygen atoms in total. The van der Waals surface area contributed by atoms with E-state index in [4.69, 9.17) is 4.74 Å². The topological polar surface area (TPSA) is 96.0 Å². The summed E-state index contributed by atoms with van der Waals surface area (Å²) >= 11 is 0. The minimum Gasteiger partial charge on any atom is -0.497 e. The average molecular weight is 566 g/mol. The van der Waals surface area contributed by atoms with Gasteiger partial charge in [0.25, 0.3) is 0 Å². The first-order valence-corrected chi connectivity index (χ1v) is 14.9. The van der Waals surface area contributed by atoms with Crippen LogP contribution in [0.15, 0.2) is 78.9 Å². The highest BCUT2D eigenvalue weighted by molar-refractivity contribution is 7.92. The van der Waals surface area contributed by atoms with Crippen molar-refractivity contribution < 1.29 is 22.7 Å². The van der Waals surface area contributed by atoms with E-state index in [1.54, 1.807) is 24.3 Å². The molecule has 1 atom stereocenters. The molecule has 3 rings (SSSR count). The fourth-order valence-electron chi connectivity index (χ4n) is 4.34. The third-order valence-electron chi connectivity index (χ3n) is 6.41. The minimum atomic E-state index is -3.84. The number of carbonyl (C=O) groups excluding carboxylic acids is 2. The van der Waals surface area contributed by atoms with Crippen LogP contribution in [0, 0.1) is 6.92 Å². The van der Waals surface area contributed by atoms with Crippen LogP contribution in [0.25, 0.3) is 0 Å². The smallest absolute Gasteiger partial charge is 0.244 e. The van der Waals surface area contributed by atoms with Crippen LogP contribution in [0.1, 0.15) is 37.5 Å². The van der Waals surface area contributed by atoms with Gasteiger partial charge in [-0.25, -0.2) is 8.42 Å². The average Bonchev–Trinajstić information content (AvgIpc) is 2.89. The van der Waals surface area contributed by atoms with Gasteiger partial charge < -0.3 is 15.0 Å². The van der Waals surface area contributed by atoms with Gasteiger partial charge in [0.15, 0.2) is 0 Å². The highest BCUT2D eigenvalue weighted by Crippen LogP contribution is 2.23. The van der Waals surface area contributed by atoms with Gasteiger partial charge in [0.2, 0.25) is 21.8 Å². The summed E-state index contributed by atoms with van der Waals surface area (Å²) in [6, 6.07) is 22.7. The number of hydrogen-bond acceptors (Lipinski definition) is 5. The molecule has 40 heavy (non-hydrogen) atoms. The molecule has 0 heterocycles. The maximum atomic E-state index is 14.1. The fourth-order valence-corrected chi connectivity index (χ4v) is 5.19. The Kier molecular flexibility index (Phi) is 9.98. The third kappa shape index (κ3) is 8.58. The van der Waals surface area contributed by atoms with Gasteiger partial charge in [0.1, 0.15) is 18.3 Å². The summed E-state index contributed by atoms with van der Waals surface area (Å²) in [5.74, 6) is -0.241. The number of benzene rings is 3. The molecule has 0 aromatic heterocycles. The van der Waals surface area contributed by atoms with Crippen molar-refractivity contribution in [3.05, 3.63) is 95.6 Å². The molecule has 0 spiro atoms. The van der Waals surface area contributed by atoms with E-state index in [0.29, 0.717) is 11.4 Å². The monoisotopic (exact) mass is 565 g/mol. The molecule has 9 heteroatoms. The first kappa shape index (κ1) is 30.7. The molecule has 0 aliphatic heterocycles. The molecule has 1 N–H and O–H groups in total. The zero-order valence-corrected chi connectivity index (χ0v) is 24.9. The Hall–Kier alpha value is -3.85. The number of nitrogens with one attached hydrogen (secondary N) is 1. The molecule has 0 aliphatic carbocycles. The van der Waals surface area contributed by atoms with Crippen molar-refractivity contribution in [2.75, 3.05) is 24.2 Å². The number of aryl methyl sites for hydroxylation is 1. The number of hydrogen-bond donors (Lipinski definition) is 1. The van der Waals surface area contributed by atoms with Crippen molar-refractivity contribution in [1.82, 2.24) is 10.2 Å². The van der Waals surface area contributed by atoms with Crippen molar-refractivity contribution in [3.63, 3.8) is 0 Å². The van der Waals surface area contributed by atoms with E-state index in [2.05, 4.69) is 5.32 Å². The van der Waals surface area contributed by atoms with Gasteiger partial charge in [0.05, 0.1) is 19.1 Å². The molecule has 3 aromatic rings. The van der Waals surface area contributed by atoms with Crippen LogP contribution in [0.3, 0.4) is 0 Å². The number of carbonyl (C=O) groups is 2. The molecular weight excluding hydrogens is 526 g/mol. The molecule has 0 radical (unpaired) electrons. The minimum absolute atomic E-state index is 0.140. The van der Waals surface area contributed by atoms with Crippen LogP contribution in [-0.2, 0) is 32.6 Å². The van der Waals surface area contributed by atoms with Crippen LogP contribution in [0.5, 0.6) is 5.75 Å². The van der Waals surface area contributed by atoms with Gasteiger partial charge in [-0.05, 0) is 68.7 Å². The summed E-state index contributed by atoms with van der Waals surface area (Å²) in [7, 11) is -2.32. The fraction of sp³-hybridized carbons (Fsp3) is 0.355. The quantitative estimate of drug-likeness (QED) is 0.374. The highest BCUT2D eigenvalue weighted by Gasteiger charge is 2.34. The Labute approximate surface area is 238 Å². The summed E-state index contributed by atoms with van der Waals surface area (Å²) in [4.78, 5) is 29.4. The molecular formula is C31H39N3O5S. The summed E-state index contributed by atoms with van der Waals surface area (Å²) in [5, 5.41) is 3.02. The van der Waals surface area contributed by atoms with E-state index >= 15 is 0 Å². The summed E-state index contributed by atoms with van der Waals surface area (Å²) in [6.07, 6.45) is 1.33. The summed E-state index contributed by atoms with van der Waals surface area (Å²) in [5.41, 5.74) is 2.50. The first-order chi connectivity index (χ1) is 18.8. The maximum absolute atomic E-state index is 14.1. The van der Waals surface area contributed by atoms with Crippen LogP contribution in [0.2, 0.25) is 0 Å². The van der Waals surface area contributed by atoms with Gasteiger partial charge in [-0.15, -0.1) is 0 Å². The van der Waals surface area contributed by atoms with Gasteiger partial charge >= 0.3 is 0 Å². The van der Waals surface area contributed by atoms with Crippen molar-refractivity contribution in [3.8, 4) is 5.75 Å². The zero-order valence-electron chi connectivity index (χ0n) is 24.0. The van der Waals surface area contributed by atoms with Crippen LogP contribution in [0.4, 0.5) is 5.69 Å². The Morgan fingerprint density at radius 2 is 1.52 bits per heavy atom. The second-order valence-corrected chi connectivity index (χ2v) is 12.8. The number of sulfonamides is 1. The molecule has 2 amide bonds. The number of rotatable bonds is 11. The number of methoxy groups -OCH3 is 1. The molecule has 0 bridgehead atoms. The lowest BCUT2D eigenvalue weighted by Crippen LogP contribution is -2.56. The second-order valence-electron chi connectivity index (χ2n) is 10.9. The number of anilines is 1. The van der Waals surface area contributed by atoms with E-state index in [0.717, 1.165) is 27.3 Å². The molecule has 0 unspecified atom stereocenters. The lowest BCUT2D eigenvalue weighted by atomic mass is 10.00. The standard InChI is InChI=1S/C31H39N3O5S/c1-23-12-10-11-15-25(23)21-33(28(30(36)32-31(2,3)4)20-24-13-8-7-9-14-24)29(35)22-34(40(6,37)38)26-16-18-27(39-5)19-17-26/h7-19,28H,20-22H2,1-6H3,(H,32,36)/t28-/m0/s1. The van der Waals surface area contributed by atoms with E-state index in [1.807, 2.05) is 82.3 Å². The van der Waals surface area contributed by atoms with Crippen LogP contribution in [-0.4, -0.2) is 56.6 Å². The van der Waals surface area contributed by atoms with Crippen molar-refractivity contribution in [2.24, 2.45) is 0 Å². The molecule has 214 valence electrons. The van der Waals surface area contributed by atoms with E-state index < -0.39 is 34.1 Å². The van der Waals surface area contributed by atoms with Gasteiger partial charge in [-0.2, -0.15) is 0 Å². The highest BCUT2D eigenvalue weighted by atomic mass is 32.2. The van der Waals surface area contributed by atoms with Gasteiger partial charge in [0, 0.05) is 18.5 Å². The second kappa shape index (κ2) is 13.0. The Morgan fingerprint density at radius 1 is 0.925 bits per heavy atom. The summed E-state index contributed by atoms with van der Waals surface area (Å²) in [6.45, 7) is 7.26. The molecule has 3 aromatic carbocycles. The predicted octanol–water partition coefficient (Wildman–Crippen LogP) is 4.32. The number of ether oxygens (including phenoxy) is 1. The van der Waals surface area contributed by atoms with Crippen molar-refractivity contribution >= 4 is 27.5 Å². The lowest BCUT2D eigenvalue weighted by Gasteiger charge is -2.35. The molecule has 0 aliphatic rings. The van der Waals surface area contributed by atoms with E-state index in [-0.39, 0.29) is 18.9 Å². The van der Waals surface area contributed by atoms with Gasteiger partial charge in [-0.1, -0.05) is 54.6 Å². The Morgan fingerprint density at radius 3 is 2.08 bits per heavy atom. The Bertz CT molecular complexity index is 1400. The largest absolute Gasteiger partial charge is 0.497 e. The van der Waals surface area contributed by atoms with Crippen LogP contribution < -0.4 is 14.4 Å². The number of nitrogens with zero attached hydrogens (tertiary/aromatic N) is 2. The van der Waals surface area contributed by atoms with Crippen molar-refractivity contribution in [1.29, 1.82) is 0 Å². The molecule has 0 fully saturated rings. The van der Waals surface area contributed by atoms with Gasteiger partial charge in [-0.3, -0.25) is 13.9 Å².